The molecule has 0 saturated heterocycles. The Morgan fingerprint density at radius 1 is 1.47 bits per heavy atom. The van der Waals surface area contributed by atoms with Crippen LogP contribution in [0.3, 0.4) is 0 Å². The Hall–Kier alpha value is -1.49. The van der Waals surface area contributed by atoms with Crippen LogP contribution in [0.4, 0.5) is 10.1 Å². The van der Waals surface area contributed by atoms with E-state index in [1.807, 2.05) is 13.1 Å². The second-order valence-corrected chi connectivity index (χ2v) is 4.84. The number of benzene rings is 1. The van der Waals surface area contributed by atoms with E-state index >= 15 is 0 Å². The molecule has 1 aromatic carbocycles. The summed E-state index contributed by atoms with van der Waals surface area (Å²) in [6.45, 7) is 2.84. The Bertz CT molecular complexity index is 510. The topological polar surface area (TPSA) is 43.8 Å². The third-order valence-corrected chi connectivity index (χ3v) is 3.55. The van der Waals surface area contributed by atoms with Gasteiger partial charge < -0.3 is 10.3 Å². The molecule has 0 amide bonds. The molecule has 2 aromatic rings. The van der Waals surface area contributed by atoms with Crippen LogP contribution in [0.25, 0.3) is 0 Å². The van der Waals surface area contributed by atoms with Crippen LogP contribution >= 0.6 is 11.8 Å². The lowest BCUT2D eigenvalue weighted by Gasteiger charge is -2.07. The lowest BCUT2D eigenvalue weighted by Crippen LogP contribution is -2.01. The number of hydrogen-bond acceptors (Lipinski definition) is 3. The van der Waals surface area contributed by atoms with E-state index in [2.05, 4.69) is 9.55 Å². The third-order valence-electron chi connectivity index (χ3n) is 2.49. The number of thioether (sulfide) groups is 1. The molecule has 0 bridgehead atoms. The summed E-state index contributed by atoms with van der Waals surface area (Å²) in [5.74, 6) is 1.59. The zero-order valence-electron chi connectivity index (χ0n) is 9.56. The van der Waals surface area contributed by atoms with Crippen LogP contribution in [0.15, 0.2) is 35.5 Å². The first-order valence-corrected chi connectivity index (χ1v) is 6.31. The van der Waals surface area contributed by atoms with Gasteiger partial charge in [0.25, 0.3) is 0 Å². The SMILES string of the molecule is Cc1nccn1CCSc1ccc(F)cc1N. The van der Waals surface area contributed by atoms with Gasteiger partial charge in [-0.2, -0.15) is 0 Å². The number of anilines is 1. The average molecular weight is 251 g/mol. The molecule has 0 atom stereocenters. The summed E-state index contributed by atoms with van der Waals surface area (Å²) in [5.41, 5.74) is 6.23. The number of aryl methyl sites for hydroxylation is 2. The first kappa shape index (κ1) is 12.0. The number of imidazole rings is 1. The molecule has 0 fully saturated rings. The maximum absolute atomic E-state index is 12.8. The van der Waals surface area contributed by atoms with Crippen molar-refractivity contribution >= 4 is 17.4 Å². The van der Waals surface area contributed by atoms with Gasteiger partial charge in [0.05, 0.1) is 0 Å². The fourth-order valence-electron chi connectivity index (χ4n) is 1.54. The molecular weight excluding hydrogens is 237 g/mol. The van der Waals surface area contributed by atoms with Crippen LogP contribution in [-0.4, -0.2) is 15.3 Å². The first-order chi connectivity index (χ1) is 8.16. The summed E-state index contributed by atoms with van der Waals surface area (Å²) in [7, 11) is 0. The standard InChI is InChI=1S/C12H14FN3S/c1-9-15-4-5-16(9)6-7-17-12-3-2-10(13)8-11(12)14/h2-5,8H,6-7,14H2,1H3. The molecule has 0 radical (unpaired) electrons. The molecule has 0 aliphatic heterocycles. The number of nitrogens with zero attached hydrogens (tertiary/aromatic N) is 2. The Kier molecular flexibility index (Phi) is 3.68. The fraction of sp³-hybridized carbons (Fsp3) is 0.250. The minimum absolute atomic E-state index is 0.294. The molecule has 1 heterocycles. The average Bonchev–Trinajstić information content (AvgIpc) is 2.68. The molecule has 1 aromatic heterocycles. The minimum Gasteiger partial charge on any atom is -0.398 e. The van der Waals surface area contributed by atoms with Crippen molar-refractivity contribution in [3.8, 4) is 0 Å². The number of nitrogens with two attached hydrogens (primary N) is 1. The van der Waals surface area contributed by atoms with Gasteiger partial charge in [-0.05, 0) is 25.1 Å². The minimum atomic E-state index is -0.294. The van der Waals surface area contributed by atoms with Crippen molar-refractivity contribution in [1.29, 1.82) is 0 Å². The molecule has 0 spiro atoms. The van der Waals surface area contributed by atoms with Gasteiger partial charge >= 0.3 is 0 Å². The van der Waals surface area contributed by atoms with E-state index in [4.69, 9.17) is 5.73 Å². The maximum Gasteiger partial charge on any atom is 0.125 e. The van der Waals surface area contributed by atoms with Crippen LogP contribution in [0.1, 0.15) is 5.82 Å². The highest BCUT2D eigenvalue weighted by atomic mass is 32.2. The summed E-state index contributed by atoms with van der Waals surface area (Å²) in [6, 6.07) is 4.50. The molecule has 0 unspecified atom stereocenters. The van der Waals surface area contributed by atoms with Gasteiger partial charge in [0, 0.05) is 35.3 Å². The molecule has 2 rings (SSSR count). The Morgan fingerprint density at radius 2 is 2.29 bits per heavy atom. The molecule has 5 heteroatoms. The van der Waals surface area contributed by atoms with Crippen LogP contribution in [-0.2, 0) is 6.54 Å². The second kappa shape index (κ2) is 5.23. The molecule has 2 N–H and O–H groups in total. The molecule has 0 aliphatic carbocycles. The van der Waals surface area contributed by atoms with E-state index in [0.717, 1.165) is 23.0 Å². The third kappa shape index (κ3) is 3.00. The highest BCUT2D eigenvalue weighted by Crippen LogP contribution is 2.25. The maximum atomic E-state index is 12.8. The lowest BCUT2D eigenvalue weighted by atomic mass is 10.3. The molecule has 3 nitrogen and oxygen atoms in total. The summed E-state index contributed by atoms with van der Waals surface area (Å²) in [4.78, 5) is 5.07. The van der Waals surface area contributed by atoms with Crippen LogP contribution in [0, 0.1) is 12.7 Å². The molecular formula is C12H14FN3S. The predicted octanol–water partition coefficient (Wildman–Crippen LogP) is 2.71. The lowest BCUT2D eigenvalue weighted by molar-refractivity contribution is 0.627. The summed E-state index contributed by atoms with van der Waals surface area (Å²) in [5, 5.41) is 0. The highest BCUT2D eigenvalue weighted by Gasteiger charge is 2.02. The highest BCUT2D eigenvalue weighted by molar-refractivity contribution is 7.99. The van der Waals surface area contributed by atoms with Gasteiger partial charge in [0.2, 0.25) is 0 Å². The smallest absolute Gasteiger partial charge is 0.125 e. The van der Waals surface area contributed by atoms with E-state index in [0.29, 0.717) is 5.69 Å². The summed E-state index contributed by atoms with van der Waals surface area (Å²) >= 11 is 1.62. The zero-order valence-corrected chi connectivity index (χ0v) is 10.4. The second-order valence-electron chi connectivity index (χ2n) is 3.70. The number of hydrogen-bond donors (Lipinski definition) is 1. The van der Waals surface area contributed by atoms with Crippen LogP contribution < -0.4 is 5.73 Å². The Labute approximate surface area is 104 Å². The summed E-state index contributed by atoms with van der Waals surface area (Å²) < 4.78 is 14.9. The number of nitrogen functional groups attached to an aromatic ring is 1. The van der Waals surface area contributed by atoms with E-state index in [1.54, 1.807) is 24.0 Å². The van der Waals surface area contributed by atoms with Gasteiger partial charge in [-0.25, -0.2) is 9.37 Å². The van der Waals surface area contributed by atoms with Crippen molar-refractivity contribution in [3.05, 3.63) is 42.2 Å². The van der Waals surface area contributed by atoms with Gasteiger partial charge in [0.1, 0.15) is 11.6 Å². The molecule has 0 aliphatic rings. The van der Waals surface area contributed by atoms with E-state index in [-0.39, 0.29) is 5.82 Å². The van der Waals surface area contributed by atoms with Crippen molar-refractivity contribution in [2.45, 2.75) is 18.4 Å². The fourth-order valence-corrected chi connectivity index (χ4v) is 2.44. The van der Waals surface area contributed by atoms with Gasteiger partial charge in [-0.3, -0.25) is 0 Å². The van der Waals surface area contributed by atoms with Gasteiger partial charge in [-0.15, -0.1) is 11.8 Å². The number of rotatable bonds is 4. The quantitative estimate of drug-likeness (QED) is 0.671. The monoisotopic (exact) mass is 251 g/mol. The van der Waals surface area contributed by atoms with Crippen molar-refractivity contribution in [2.75, 3.05) is 11.5 Å². The number of aromatic nitrogens is 2. The van der Waals surface area contributed by atoms with Crippen LogP contribution in [0.2, 0.25) is 0 Å². The summed E-state index contributed by atoms with van der Waals surface area (Å²) in [6.07, 6.45) is 3.73. The number of halogens is 1. The largest absolute Gasteiger partial charge is 0.398 e. The van der Waals surface area contributed by atoms with E-state index in [9.17, 15) is 4.39 Å². The Morgan fingerprint density at radius 3 is 2.94 bits per heavy atom. The first-order valence-electron chi connectivity index (χ1n) is 5.32. The predicted molar refractivity (Wildman–Crippen MR) is 68.5 cm³/mol. The van der Waals surface area contributed by atoms with Crippen LogP contribution in [0.5, 0.6) is 0 Å². The zero-order chi connectivity index (χ0) is 12.3. The molecule has 17 heavy (non-hydrogen) atoms. The van der Waals surface area contributed by atoms with Crippen molar-refractivity contribution in [3.63, 3.8) is 0 Å². The molecule has 0 saturated carbocycles. The Balaban J connectivity index is 1.92. The van der Waals surface area contributed by atoms with E-state index < -0.39 is 0 Å². The van der Waals surface area contributed by atoms with E-state index in [1.165, 1.54) is 12.1 Å². The van der Waals surface area contributed by atoms with Crippen molar-refractivity contribution in [1.82, 2.24) is 9.55 Å². The normalized spacial score (nSPS) is 10.7. The molecule has 90 valence electrons. The van der Waals surface area contributed by atoms with Crippen molar-refractivity contribution < 1.29 is 4.39 Å². The van der Waals surface area contributed by atoms with Gasteiger partial charge in [-0.1, -0.05) is 0 Å². The van der Waals surface area contributed by atoms with Gasteiger partial charge in [0.15, 0.2) is 0 Å². The van der Waals surface area contributed by atoms with Crippen molar-refractivity contribution in [2.24, 2.45) is 0 Å².